The number of nitrogen functional groups attached to an aromatic ring is 1. The first-order valence-electron chi connectivity index (χ1n) is 6.50. The van der Waals surface area contributed by atoms with Crippen molar-refractivity contribution in [3.8, 4) is 5.75 Å². The summed E-state index contributed by atoms with van der Waals surface area (Å²) in [6.45, 7) is 0.565. The summed E-state index contributed by atoms with van der Waals surface area (Å²) < 4.78 is 18.7. The molecule has 0 unspecified atom stereocenters. The van der Waals surface area contributed by atoms with E-state index in [9.17, 15) is 4.39 Å². The van der Waals surface area contributed by atoms with Crippen molar-refractivity contribution in [3.05, 3.63) is 59.4 Å². The number of rotatable bonds is 5. The van der Waals surface area contributed by atoms with Crippen LogP contribution >= 0.6 is 0 Å². The predicted molar refractivity (Wildman–Crippen MR) is 82.5 cm³/mol. The highest BCUT2D eigenvalue weighted by Crippen LogP contribution is 2.25. The quantitative estimate of drug-likeness (QED) is 0.656. The molecule has 0 aliphatic rings. The Bertz CT molecular complexity index is 658. The van der Waals surface area contributed by atoms with Crippen molar-refractivity contribution in [3.63, 3.8) is 0 Å². The van der Waals surface area contributed by atoms with E-state index in [1.165, 1.54) is 12.1 Å². The first kappa shape index (κ1) is 14.8. The van der Waals surface area contributed by atoms with Crippen LogP contribution in [-0.2, 0) is 6.54 Å². The summed E-state index contributed by atoms with van der Waals surface area (Å²) in [6, 6.07) is 12.0. The van der Waals surface area contributed by atoms with Crippen LogP contribution in [0, 0.1) is 11.2 Å². The molecule has 0 saturated heterocycles. The number of hydrogen-bond acceptors (Lipinski definition) is 3. The molecule has 0 heterocycles. The van der Waals surface area contributed by atoms with Crippen LogP contribution in [0.3, 0.4) is 0 Å². The van der Waals surface area contributed by atoms with E-state index in [4.69, 9.17) is 15.9 Å². The summed E-state index contributed by atoms with van der Waals surface area (Å²) in [5.74, 6) is 0.224. The van der Waals surface area contributed by atoms with Crippen molar-refractivity contribution in [1.29, 1.82) is 5.41 Å². The summed E-state index contributed by atoms with van der Waals surface area (Å²) in [7, 11) is 3.49. The standard InChI is InChI=1S/C16H18FN3O/c1-20(10-11-5-3-4-6-15(11)21-2)14-8-7-12(17)9-13(14)16(18)19/h3-9H,10H2,1-2H3,(H3,18,19). The molecule has 0 aliphatic carbocycles. The summed E-state index contributed by atoms with van der Waals surface area (Å²) >= 11 is 0. The molecule has 0 aliphatic heterocycles. The van der Waals surface area contributed by atoms with E-state index in [2.05, 4.69) is 0 Å². The van der Waals surface area contributed by atoms with Crippen LogP contribution in [0.5, 0.6) is 5.75 Å². The van der Waals surface area contributed by atoms with Crippen LogP contribution in [0.15, 0.2) is 42.5 Å². The van der Waals surface area contributed by atoms with E-state index in [0.29, 0.717) is 17.8 Å². The monoisotopic (exact) mass is 287 g/mol. The molecule has 2 aromatic carbocycles. The molecule has 0 aromatic heterocycles. The van der Waals surface area contributed by atoms with Crippen molar-refractivity contribution in [2.45, 2.75) is 6.54 Å². The van der Waals surface area contributed by atoms with E-state index in [0.717, 1.165) is 11.3 Å². The zero-order valence-corrected chi connectivity index (χ0v) is 12.1. The van der Waals surface area contributed by atoms with Gasteiger partial charge in [-0.1, -0.05) is 18.2 Å². The number of amidine groups is 1. The SMILES string of the molecule is COc1ccccc1CN(C)c1ccc(F)cc1C(=N)N. The topological polar surface area (TPSA) is 62.3 Å². The minimum absolute atomic E-state index is 0.156. The number of nitrogens with two attached hydrogens (primary N) is 1. The Morgan fingerprint density at radius 1 is 1.29 bits per heavy atom. The fraction of sp³-hybridized carbons (Fsp3) is 0.188. The lowest BCUT2D eigenvalue weighted by atomic mass is 10.1. The maximum Gasteiger partial charge on any atom is 0.125 e. The zero-order valence-electron chi connectivity index (χ0n) is 12.1. The number of anilines is 1. The van der Waals surface area contributed by atoms with Crippen molar-refractivity contribution in [2.24, 2.45) is 5.73 Å². The third-order valence-corrected chi connectivity index (χ3v) is 3.26. The lowest BCUT2D eigenvalue weighted by Gasteiger charge is -2.23. The van der Waals surface area contributed by atoms with Crippen LogP contribution < -0.4 is 15.4 Å². The van der Waals surface area contributed by atoms with Gasteiger partial charge in [0.25, 0.3) is 0 Å². The van der Waals surface area contributed by atoms with Gasteiger partial charge >= 0.3 is 0 Å². The van der Waals surface area contributed by atoms with Crippen LogP contribution in [0.4, 0.5) is 10.1 Å². The lowest BCUT2D eigenvalue weighted by Crippen LogP contribution is -2.22. The number of nitrogens with one attached hydrogen (secondary N) is 1. The number of halogens is 1. The van der Waals surface area contributed by atoms with E-state index >= 15 is 0 Å². The van der Waals surface area contributed by atoms with Gasteiger partial charge in [0.2, 0.25) is 0 Å². The normalized spacial score (nSPS) is 10.2. The third-order valence-electron chi connectivity index (χ3n) is 3.26. The number of methoxy groups -OCH3 is 1. The molecule has 3 N–H and O–H groups in total. The van der Waals surface area contributed by atoms with Crippen LogP contribution in [0.25, 0.3) is 0 Å². The Morgan fingerprint density at radius 3 is 2.67 bits per heavy atom. The van der Waals surface area contributed by atoms with Gasteiger partial charge < -0.3 is 15.4 Å². The molecule has 0 atom stereocenters. The Kier molecular flexibility index (Phi) is 4.42. The van der Waals surface area contributed by atoms with Gasteiger partial charge in [-0.05, 0) is 24.3 Å². The number of ether oxygens (including phenoxy) is 1. The highest BCUT2D eigenvalue weighted by atomic mass is 19.1. The van der Waals surface area contributed by atoms with Gasteiger partial charge in [0.05, 0.1) is 7.11 Å². The molecule has 110 valence electrons. The summed E-state index contributed by atoms with van der Waals surface area (Å²) in [5, 5.41) is 7.58. The summed E-state index contributed by atoms with van der Waals surface area (Å²) in [6.07, 6.45) is 0. The van der Waals surface area contributed by atoms with Gasteiger partial charge in [-0.3, -0.25) is 5.41 Å². The molecule has 5 heteroatoms. The van der Waals surface area contributed by atoms with E-state index in [1.54, 1.807) is 13.2 Å². The highest BCUT2D eigenvalue weighted by Gasteiger charge is 2.13. The summed E-state index contributed by atoms with van der Waals surface area (Å²) in [5.41, 5.74) is 7.62. The van der Waals surface area contributed by atoms with Gasteiger partial charge in [-0.15, -0.1) is 0 Å². The fourth-order valence-electron chi connectivity index (χ4n) is 2.23. The first-order chi connectivity index (χ1) is 10.0. The second kappa shape index (κ2) is 6.26. The minimum Gasteiger partial charge on any atom is -0.496 e. The molecule has 0 fully saturated rings. The van der Waals surface area contributed by atoms with Crippen molar-refractivity contribution in [2.75, 3.05) is 19.1 Å². The largest absolute Gasteiger partial charge is 0.496 e. The molecule has 4 nitrogen and oxygen atoms in total. The van der Waals surface area contributed by atoms with Crippen molar-refractivity contribution < 1.29 is 9.13 Å². The van der Waals surface area contributed by atoms with E-state index in [1.807, 2.05) is 36.2 Å². The summed E-state index contributed by atoms with van der Waals surface area (Å²) in [4.78, 5) is 1.91. The Balaban J connectivity index is 2.32. The van der Waals surface area contributed by atoms with E-state index in [-0.39, 0.29) is 5.84 Å². The number of nitrogens with zero attached hydrogens (tertiary/aromatic N) is 1. The van der Waals surface area contributed by atoms with Gasteiger partial charge in [-0.2, -0.15) is 0 Å². The average Bonchev–Trinajstić information content (AvgIpc) is 2.47. The molecule has 2 aromatic rings. The Hall–Kier alpha value is -2.56. The van der Waals surface area contributed by atoms with Gasteiger partial charge in [0.1, 0.15) is 17.4 Å². The number of para-hydroxylation sites is 1. The molecule has 0 saturated carbocycles. The highest BCUT2D eigenvalue weighted by molar-refractivity contribution is 6.00. The number of benzene rings is 2. The third kappa shape index (κ3) is 3.31. The Morgan fingerprint density at radius 2 is 2.00 bits per heavy atom. The molecule has 2 rings (SSSR count). The molecule has 0 spiro atoms. The maximum atomic E-state index is 13.3. The molecule has 21 heavy (non-hydrogen) atoms. The first-order valence-corrected chi connectivity index (χ1v) is 6.50. The van der Waals surface area contributed by atoms with Crippen LogP contribution in [0.2, 0.25) is 0 Å². The van der Waals surface area contributed by atoms with Gasteiger partial charge in [0, 0.05) is 30.4 Å². The zero-order chi connectivity index (χ0) is 15.4. The molecular weight excluding hydrogens is 269 g/mol. The molecule has 0 bridgehead atoms. The molecule has 0 amide bonds. The molecule has 0 radical (unpaired) electrons. The minimum atomic E-state index is -0.408. The van der Waals surface area contributed by atoms with E-state index < -0.39 is 5.82 Å². The maximum absolute atomic E-state index is 13.3. The second-order valence-electron chi connectivity index (χ2n) is 4.74. The smallest absolute Gasteiger partial charge is 0.125 e. The van der Waals surface area contributed by atoms with Crippen LogP contribution in [-0.4, -0.2) is 20.0 Å². The number of hydrogen-bond donors (Lipinski definition) is 2. The predicted octanol–water partition coefficient (Wildman–Crippen LogP) is 2.75. The lowest BCUT2D eigenvalue weighted by molar-refractivity contribution is 0.409. The fourth-order valence-corrected chi connectivity index (χ4v) is 2.23. The van der Waals surface area contributed by atoms with Crippen molar-refractivity contribution >= 4 is 11.5 Å². The van der Waals surface area contributed by atoms with Crippen molar-refractivity contribution in [1.82, 2.24) is 0 Å². The second-order valence-corrected chi connectivity index (χ2v) is 4.74. The van der Waals surface area contributed by atoms with Crippen LogP contribution in [0.1, 0.15) is 11.1 Å². The Labute approximate surface area is 123 Å². The van der Waals surface area contributed by atoms with Gasteiger partial charge in [0.15, 0.2) is 0 Å². The average molecular weight is 287 g/mol. The molecular formula is C16H18FN3O. The van der Waals surface area contributed by atoms with Gasteiger partial charge in [-0.25, -0.2) is 4.39 Å².